The molecule has 3 rings (SSSR count). The molecule has 4 heteroatoms. The molecule has 0 saturated carbocycles. The van der Waals surface area contributed by atoms with Crippen LogP contribution < -0.4 is 0 Å². The van der Waals surface area contributed by atoms with E-state index < -0.39 is 5.60 Å². The van der Waals surface area contributed by atoms with Crippen LogP contribution in [-0.4, -0.2) is 37.5 Å². The first-order valence-corrected chi connectivity index (χ1v) is 6.28. The molecule has 1 aromatic carbocycles. The summed E-state index contributed by atoms with van der Waals surface area (Å²) in [6.45, 7) is 1.63. The largest absolute Gasteiger partial charge is 0.448 e. The number of hydrogen-bond donors (Lipinski definition) is 0. The molecule has 0 amide bonds. The van der Waals surface area contributed by atoms with Crippen LogP contribution in [0.5, 0.6) is 0 Å². The summed E-state index contributed by atoms with van der Waals surface area (Å²) in [5, 5.41) is 0. The summed E-state index contributed by atoms with van der Waals surface area (Å²) >= 11 is 0. The van der Waals surface area contributed by atoms with Crippen LogP contribution in [0.1, 0.15) is 23.2 Å². The van der Waals surface area contributed by atoms with Gasteiger partial charge in [-0.2, -0.15) is 0 Å². The van der Waals surface area contributed by atoms with Gasteiger partial charge in [0, 0.05) is 6.61 Å². The fourth-order valence-corrected chi connectivity index (χ4v) is 2.42. The van der Waals surface area contributed by atoms with Crippen molar-refractivity contribution in [1.29, 1.82) is 0 Å². The van der Waals surface area contributed by atoms with Crippen molar-refractivity contribution in [2.24, 2.45) is 0 Å². The van der Waals surface area contributed by atoms with Crippen LogP contribution in [0.25, 0.3) is 0 Å². The number of hydrogen-bond acceptors (Lipinski definition) is 4. The monoisotopic (exact) mass is 248 g/mol. The molecule has 96 valence electrons. The van der Waals surface area contributed by atoms with Gasteiger partial charge >= 0.3 is 5.97 Å². The number of carbonyl (C=O) groups excluding carboxylic acids is 1. The van der Waals surface area contributed by atoms with Crippen LogP contribution in [0.3, 0.4) is 0 Å². The van der Waals surface area contributed by atoms with Crippen molar-refractivity contribution in [1.82, 2.24) is 0 Å². The first-order valence-electron chi connectivity index (χ1n) is 6.28. The minimum Gasteiger partial charge on any atom is -0.448 e. The van der Waals surface area contributed by atoms with Crippen molar-refractivity contribution in [2.75, 3.05) is 19.8 Å². The Labute approximate surface area is 106 Å². The maximum Gasteiger partial charge on any atom is 0.338 e. The molecule has 1 atom stereocenters. The van der Waals surface area contributed by atoms with Crippen LogP contribution in [-0.2, 0) is 14.2 Å². The maximum atomic E-state index is 12.1. The summed E-state index contributed by atoms with van der Waals surface area (Å²) in [6.07, 6.45) is 1.94. The predicted molar refractivity (Wildman–Crippen MR) is 64.4 cm³/mol. The Morgan fingerprint density at radius 1 is 1.28 bits per heavy atom. The van der Waals surface area contributed by atoms with Crippen molar-refractivity contribution in [3.8, 4) is 0 Å². The van der Waals surface area contributed by atoms with Crippen LogP contribution in [0, 0.1) is 0 Å². The van der Waals surface area contributed by atoms with Gasteiger partial charge in [-0.3, -0.25) is 0 Å². The zero-order chi connectivity index (χ0) is 12.4. The predicted octanol–water partition coefficient (Wildman–Crippen LogP) is 1.79. The van der Waals surface area contributed by atoms with E-state index in [0.717, 1.165) is 19.4 Å². The summed E-state index contributed by atoms with van der Waals surface area (Å²) in [5.74, 6) is -0.297. The van der Waals surface area contributed by atoms with Gasteiger partial charge in [0.25, 0.3) is 0 Å². The average Bonchev–Trinajstić information content (AvgIpc) is 2.88. The van der Waals surface area contributed by atoms with Crippen molar-refractivity contribution < 1.29 is 19.0 Å². The van der Waals surface area contributed by atoms with Crippen LogP contribution in [0.15, 0.2) is 30.3 Å². The molecule has 0 bridgehead atoms. The molecule has 2 aliphatic heterocycles. The van der Waals surface area contributed by atoms with E-state index >= 15 is 0 Å². The van der Waals surface area contributed by atoms with Gasteiger partial charge in [-0.25, -0.2) is 4.79 Å². The molecule has 2 heterocycles. The van der Waals surface area contributed by atoms with E-state index in [2.05, 4.69) is 0 Å². The van der Waals surface area contributed by atoms with E-state index in [1.54, 1.807) is 12.1 Å². The molecule has 0 radical (unpaired) electrons. The summed E-state index contributed by atoms with van der Waals surface area (Å²) in [7, 11) is 0. The van der Waals surface area contributed by atoms with Gasteiger partial charge in [0.05, 0.1) is 18.8 Å². The third-order valence-corrected chi connectivity index (χ3v) is 3.51. The van der Waals surface area contributed by atoms with Crippen molar-refractivity contribution >= 4 is 5.97 Å². The number of benzene rings is 1. The lowest BCUT2D eigenvalue weighted by molar-refractivity contribution is -0.227. The van der Waals surface area contributed by atoms with Crippen LogP contribution >= 0.6 is 0 Å². The Hall–Kier alpha value is -1.39. The first kappa shape index (κ1) is 11.7. The Kier molecular flexibility index (Phi) is 3.06. The molecular weight excluding hydrogens is 232 g/mol. The van der Waals surface area contributed by atoms with E-state index in [-0.39, 0.29) is 12.1 Å². The minimum atomic E-state index is -0.566. The Bertz CT molecular complexity index is 419. The van der Waals surface area contributed by atoms with Crippen molar-refractivity contribution in [3.63, 3.8) is 0 Å². The molecule has 0 spiro atoms. The third kappa shape index (κ3) is 2.02. The highest BCUT2D eigenvalue weighted by molar-refractivity contribution is 5.89. The fraction of sp³-hybridized carbons (Fsp3) is 0.500. The van der Waals surface area contributed by atoms with Crippen molar-refractivity contribution in [2.45, 2.75) is 24.5 Å². The van der Waals surface area contributed by atoms with E-state index in [9.17, 15) is 4.79 Å². The molecule has 0 aromatic heterocycles. The Morgan fingerprint density at radius 2 is 2.06 bits per heavy atom. The lowest BCUT2D eigenvalue weighted by Crippen LogP contribution is -2.60. The lowest BCUT2D eigenvalue weighted by atomic mass is 9.92. The lowest BCUT2D eigenvalue weighted by Gasteiger charge is -2.43. The molecule has 1 aromatic rings. The summed E-state index contributed by atoms with van der Waals surface area (Å²) in [4.78, 5) is 12.1. The first-order chi connectivity index (χ1) is 8.80. The standard InChI is InChI=1S/C14H16O4/c15-13(11-5-2-1-3-6-11)18-14(9-16-10-14)12-7-4-8-17-12/h1-3,5-6,12H,4,7-10H2. The fourth-order valence-electron chi connectivity index (χ4n) is 2.42. The third-order valence-electron chi connectivity index (χ3n) is 3.51. The summed E-state index contributed by atoms with van der Waals surface area (Å²) in [6, 6.07) is 9.04. The van der Waals surface area contributed by atoms with E-state index in [1.807, 2.05) is 18.2 Å². The molecule has 18 heavy (non-hydrogen) atoms. The number of ether oxygens (including phenoxy) is 3. The normalized spacial score (nSPS) is 25.4. The highest BCUT2D eigenvalue weighted by Gasteiger charge is 2.51. The molecule has 4 nitrogen and oxygen atoms in total. The number of rotatable bonds is 3. The van der Waals surface area contributed by atoms with Gasteiger partial charge in [0.1, 0.15) is 6.10 Å². The van der Waals surface area contributed by atoms with E-state index in [0.29, 0.717) is 18.8 Å². The zero-order valence-corrected chi connectivity index (χ0v) is 10.1. The van der Waals surface area contributed by atoms with Gasteiger partial charge in [0.15, 0.2) is 5.60 Å². The Morgan fingerprint density at radius 3 is 2.61 bits per heavy atom. The molecule has 0 aliphatic carbocycles. The van der Waals surface area contributed by atoms with Crippen molar-refractivity contribution in [3.05, 3.63) is 35.9 Å². The minimum absolute atomic E-state index is 0.0149. The second-order valence-corrected chi connectivity index (χ2v) is 4.81. The smallest absolute Gasteiger partial charge is 0.338 e. The highest BCUT2D eigenvalue weighted by Crippen LogP contribution is 2.34. The van der Waals surface area contributed by atoms with E-state index in [1.165, 1.54) is 0 Å². The van der Waals surface area contributed by atoms with Crippen LogP contribution in [0.4, 0.5) is 0 Å². The topological polar surface area (TPSA) is 44.8 Å². The molecule has 1 unspecified atom stereocenters. The molecule has 2 saturated heterocycles. The average molecular weight is 248 g/mol. The molecule has 0 N–H and O–H groups in total. The van der Waals surface area contributed by atoms with Gasteiger partial charge in [-0.1, -0.05) is 18.2 Å². The van der Waals surface area contributed by atoms with E-state index in [4.69, 9.17) is 14.2 Å². The molecule has 2 fully saturated rings. The molecular formula is C14H16O4. The SMILES string of the molecule is O=C(OC1(C2CCCO2)COC1)c1ccccc1. The maximum absolute atomic E-state index is 12.1. The molecule has 2 aliphatic rings. The van der Waals surface area contributed by atoms with Gasteiger partial charge in [0.2, 0.25) is 0 Å². The summed E-state index contributed by atoms with van der Waals surface area (Å²) in [5.41, 5.74) is 0.00504. The van der Waals surface area contributed by atoms with Gasteiger partial charge in [-0.15, -0.1) is 0 Å². The highest BCUT2D eigenvalue weighted by atomic mass is 16.6. The number of esters is 1. The number of carbonyl (C=O) groups is 1. The van der Waals surface area contributed by atoms with Gasteiger partial charge in [-0.05, 0) is 25.0 Å². The second kappa shape index (κ2) is 4.71. The van der Waals surface area contributed by atoms with Gasteiger partial charge < -0.3 is 14.2 Å². The second-order valence-electron chi connectivity index (χ2n) is 4.81. The van der Waals surface area contributed by atoms with Crippen LogP contribution in [0.2, 0.25) is 0 Å². The quantitative estimate of drug-likeness (QED) is 0.765. The zero-order valence-electron chi connectivity index (χ0n) is 10.1. The Balaban J connectivity index is 1.72. The summed E-state index contributed by atoms with van der Waals surface area (Å²) < 4.78 is 16.5.